The topological polar surface area (TPSA) is 40.5 Å². The lowest BCUT2D eigenvalue weighted by Gasteiger charge is -2.62. The van der Waals surface area contributed by atoms with Crippen molar-refractivity contribution in [3.63, 3.8) is 0 Å². The van der Waals surface area contributed by atoms with Crippen molar-refractivity contribution >= 4 is 28.5 Å². The van der Waals surface area contributed by atoms with E-state index in [0.29, 0.717) is 36.1 Å². The number of hydrogen-bond acceptors (Lipinski definition) is 2. The Morgan fingerprint density at radius 1 is 1.15 bits per heavy atom. The average Bonchev–Trinajstić information content (AvgIpc) is 2.90. The number of fused-ring (bicyclic) bond motifs is 5. The van der Waals surface area contributed by atoms with Gasteiger partial charge in [-0.25, -0.2) is 0 Å². The number of nitrogens with zero attached hydrogens (tertiary/aromatic N) is 1. The quantitative estimate of drug-likeness (QED) is 0.341. The Morgan fingerprint density at radius 2 is 1.89 bits per heavy atom. The first-order valence-corrected chi connectivity index (χ1v) is 12.3. The summed E-state index contributed by atoms with van der Waals surface area (Å²) in [6.45, 7) is 4.78. The molecule has 7 atom stereocenters. The monoisotopic (exact) mass is 483 g/mol. The average molecular weight is 483 g/mol. The standard InChI is InChI=1S/C23H34INO2/c1-21-12-10-20(26)25(3)19(21)7-6-16-17(21)8-13-22(2)18(16)9-14-23(22,27)11-4-5-15-24/h16-19,27H,5-10,12-15H2,1-3H3/t16?,17?,18?,19?,21-,22+,23+/m1/s1. The van der Waals surface area contributed by atoms with E-state index in [2.05, 4.69) is 53.2 Å². The van der Waals surface area contributed by atoms with Crippen molar-refractivity contribution in [2.75, 3.05) is 11.5 Å². The minimum atomic E-state index is -0.800. The molecular formula is C23H34INO2. The summed E-state index contributed by atoms with van der Waals surface area (Å²) in [5, 5.41) is 11.5. The smallest absolute Gasteiger partial charge is 0.222 e. The lowest BCUT2D eigenvalue weighted by molar-refractivity contribution is -0.163. The molecule has 3 aliphatic carbocycles. The van der Waals surface area contributed by atoms with Gasteiger partial charge in [-0.05, 0) is 68.1 Å². The van der Waals surface area contributed by atoms with Gasteiger partial charge >= 0.3 is 0 Å². The molecule has 0 aromatic heterocycles. The summed E-state index contributed by atoms with van der Waals surface area (Å²) in [4.78, 5) is 14.3. The third-order valence-corrected chi connectivity index (χ3v) is 9.76. The lowest BCUT2D eigenvalue weighted by Crippen LogP contribution is -2.62. The zero-order chi connectivity index (χ0) is 19.4. The maximum atomic E-state index is 12.3. The van der Waals surface area contributed by atoms with Gasteiger partial charge in [0.1, 0.15) is 5.60 Å². The molecule has 1 N–H and O–H groups in total. The molecule has 4 unspecified atom stereocenters. The predicted octanol–water partition coefficient (Wildman–Crippen LogP) is 4.41. The van der Waals surface area contributed by atoms with Crippen LogP contribution in [0.25, 0.3) is 0 Å². The third-order valence-electron chi connectivity index (χ3n) is 9.22. The molecule has 0 bridgehead atoms. The van der Waals surface area contributed by atoms with Crippen LogP contribution in [0, 0.1) is 40.4 Å². The number of carbonyl (C=O) groups excluding carboxylic acids is 1. The SMILES string of the molecule is CN1C(=O)CC[C@]2(C)C3CC[C@@]4(C)C(CC[C@@]4(O)C#CCCI)C3CCC12. The van der Waals surface area contributed by atoms with Crippen LogP contribution in [0.3, 0.4) is 0 Å². The van der Waals surface area contributed by atoms with Gasteiger partial charge < -0.3 is 10.0 Å². The number of hydrogen-bond donors (Lipinski definition) is 1. The normalized spacial score (nSPS) is 48.9. The second-order valence-corrected chi connectivity index (χ2v) is 11.2. The van der Waals surface area contributed by atoms with E-state index >= 15 is 0 Å². The number of rotatable bonds is 1. The first kappa shape index (κ1) is 20.0. The molecule has 27 heavy (non-hydrogen) atoms. The van der Waals surface area contributed by atoms with E-state index in [4.69, 9.17) is 0 Å². The molecule has 3 saturated carbocycles. The Labute approximate surface area is 178 Å². The van der Waals surface area contributed by atoms with Crippen LogP contribution in [0.5, 0.6) is 0 Å². The van der Waals surface area contributed by atoms with Crippen molar-refractivity contribution < 1.29 is 9.90 Å². The predicted molar refractivity (Wildman–Crippen MR) is 116 cm³/mol. The molecule has 4 fully saturated rings. The van der Waals surface area contributed by atoms with Gasteiger partial charge in [-0.3, -0.25) is 4.79 Å². The molecule has 4 heteroatoms. The van der Waals surface area contributed by atoms with Gasteiger partial charge in [0.05, 0.1) is 0 Å². The summed E-state index contributed by atoms with van der Waals surface area (Å²) in [6, 6.07) is 0.410. The van der Waals surface area contributed by atoms with E-state index in [1.165, 1.54) is 12.8 Å². The highest BCUT2D eigenvalue weighted by Crippen LogP contribution is 2.66. The highest BCUT2D eigenvalue weighted by Gasteiger charge is 2.64. The highest BCUT2D eigenvalue weighted by atomic mass is 127. The molecule has 0 aromatic rings. The number of piperidine rings is 1. The van der Waals surface area contributed by atoms with Crippen LogP contribution >= 0.6 is 22.6 Å². The van der Waals surface area contributed by atoms with E-state index in [1.54, 1.807) is 0 Å². The van der Waals surface area contributed by atoms with Crippen LogP contribution < -0.4 is 0 Å². The van der Waals surface area contributed by atoms with Crippen LogP contribution in [-0.4, -0.2) is 39.0 Å². The largest absolute Gasteiger partial charge is 0.377 e. The molecule has 4 aliphatic rings. The number of halogens is 1. The Hall–Kier alpha value is -0.280. The van der Waals surface area contributed by atoms with Crippen LogP contribution in [-0.2, 0) is 4.79 Å². The second kappa shape index (κ2) is 6.90. The Kier molecular flexibility index (Phi) is 5.12. The van der Waals surface area contributed by atoms with Crippen molar-refractivity contribution in [3.05, 3.63) is 0 Å². The summed E-state index contributed by atoms with van der Waals surface area (Å²) in [5.74, 6) is 8.87. The van der Waals surface area contributed by atoms with Crippen molar-refractivity contribution in [3.8, 4) is 11.8 Å². The van der Waals surface area contributed by atoms with E-state index in [0.717, 1.165) is 43.0 Å². The summed E-state index contributed by atoms with van der Waals surface area (Å²) in [6.07, 6.45) is 9.18. The maximum absolute atomic E-state index is 12.3. The molecule has 1 aliphatic heterocycles. The number of likely N-dealkylation sites (tertiary alicyclic amines) is 1. The molecule has 1 amide bonds. The summed E-state index contributed by atoms with van der Waals surface area (Å²) in [5.41, 5.74) is -0.613. The fourth-order valence-corrected chi connectivity index (χ4v) is 7.90. The first-order valence-electron chi connectivity index (χ1n) is 10.8. The maximum Gasteiger partial charge on any atom is 0.222 e. The van der Waals surface area contributed by atoms with Gasteiger partial charge in [-0.2, -0.15) is 0 Å². The number of alkyl halides is 1. The van der Waals surface area contributed by atoms with Gasteiger partial charge in [-0.1, -0.05) is 48.3 Å². The van der Waals surface area contributed by atoms with Gasteiger partial charge in [0.2, 0.25) is 5.91 Å². The van der Waals surface area contributed by atoms with Crippen molar-refractivity contribution in [1.29, 1.82) is 0 Å². The fraction of sp³-hybridized carbons (Fsp3) is 0.870. The van der Waals surface area contributed by atoms with E-state index in [1.807, 2.05) is 7.05 Å². The van der Waals surface area contributed by atoms with E-state index in [9.17, 15) is 9.90 Å². The molecule has 3 nitrogen and oxygen atoms in total. The first-order chi connectivity index (χ1) is 12.8. The molecular weight excluding hydrogens is 449 g/mol. The zero-order valence-corrected chi connectivity index (χ0v) is 19.2. The Bertz CT molecular complexity index is 684. The summed E-state index contributed by atoms with van der Waals surface area (Å²) in [7, 11) is 2.02. The van der Waals surface area contributed by atoms with Crippen molar-refractivity contribution in [1.82, 2.24) is 4.90 Å². The molecule has 4 rings (SSSR count). The molecule has 0 aromatic carbocycles. The molecule has 1 heterocycles. The minimum absolute atomic E-state index is 0.0635. The van der Waals surface area contributed by atoms with Crippen LogP contribution in [0.15, 0.2) is 0 Å². The summed E-state index contributed by atoms with van der Waals surface area (Å²) < 4.78 is 1.03. The van der Waals surface area contributed by atoms with Gasteiger partial charge in [0, 0.05) is 35.8 Å². The number of carbonyl (C=O) groups is 1. The number of aliphatic hydroxyl groups is 1. The van der Waals surface area contributed by atoms with Crippen LogP contribution in [0.2, 0.25) is 0 Å². The molecule has 1 saturated heterocycles. The van der Waals surface area contributed by atoms with Gasteiger partial charge in [0.15, 0.2) is 0 Å². The highest BCUT2D eigenvalue weighted by molar-refractivity contribution is 14.1. The molecule has 150 valence electrons. The minimum Gasteiger partial charge on any atom is -0.377 e. The van der Waals surface area contributed by atoms with Gasteiger partial charge in [-0.15, -0.1) is 0 Å². The Balaban J connectivity index is 1.62. The van der Waals surface area contributed by atoms with E-state index < -0.39 is 5.60 Å². The molecule has 0 radical (unpaired) electrons. The van der Waals surface area contributed by atoms with Crippen LogP contribution in [0.1, 0.15) is 71.6 Å². The lowest BCUT2D eigenvalue weighted by atomic mass is 9.46. The Morgan fingerprint density at radius 3 is 2.63 bits per heavy atom. The zero-order valence-electron chi connectivity index (χ0n) is 17.1. The van der Waals surface area contributed by atoms with Crippen molar-refractivity contribution in [2.45, 2.75) is 83.3 Å². The summed E-state index contributed by atoms with van der Waals surface area (Å²) >= 11 is 2.35. The fourth-order valence-electron chi connectivity index (χ4n) is 7.63. The van der Waals surface area contributed by atoms with E-state index in [-0.39, 0.29) is 10.8 Å². The van der Waals surface area contributed by atoms with Crippen LogP contribution in [0.4, 0.5) is 0 Å². The molecule has 0 spiro atoms. The number of amides is 1. The second-order valence-electron chi connectivity index (χ2n) is 10.1. The third kappa shape index (κ3) is 2.81. The van der Waals surface area contributed by atoms with Gasteiger partial charge in [0.25, 0.3) is 0 Å². The van der Waals surface area contributed by atoms with Crippen molar-refractivity contribution in [2.24, 2.45) is 28.6 Å².